The van der Waals surface area contributed by atoms with Crippen LogP contribution in [-0.2, 0) is 26.6 Å². The van der Waals surface area contributed by atoms with Crippen LogP contribution in [0.25, 0.3) is 0 Å². The Bertz CT molecular complexity index is 642. The van der Waals surface area contributed by atoms with E-state index in [0.717, 1.165) is 23.4 Å². The van der Waals surface area contributed by atoms with Crippen LogP contribution in [0.15, 0.2) is 18.3 Å². The normalized spacial score (nSPS) is 14.2. The molecule has 0 bridgehead atoms. The number of benzene rings is 1. The van der Waals surface area contributed by atoms with Gasteiger partial charge in [-0.15, -0.1) is 0 Å². The number of aromatic nitrogens is 2. The summed E-state index contributed by atoms with van der Waals surface area (Å²) in [5.74, 6) is 0.127. The fourth-order valence-corrected chi connectivity index (χ4v) is 2.66. The summed E-state index contributed by atoms with van der Waals surface area (Å²) in [6.07, 6.45) is 2.42. The van der Waals surface area contributed by atoms with Crippen LogP contribution in [0.4, 0.5) is 4.39 Å². The second-order valence-electron chi connectivity index (χ2n) is 4.79. The highest BCUT2D eigenvalue weighted by Gasteiger charge is 2.20. The minimum absolute atomic E-state index is 0.217. The molecule has 0 spiro atoms. The Balaban J connectivity index is 1.89. The van der Waals surface area contributed by atoms with Gasteiger partial charge in [0.05, 0.1) is 10.7 Å². The van der Waals surface area contributed by atoms with Crippen molar-refractivity contribution in [3.8, 4) is 5.75 Å². The second kappa shape index (κ2) is 5.42. The lowest BCUT2D eigenvalue weighted by Crippen LogP contribution is -2.25. The Morgan fingerprint density at radius 3 is 3.10 bits per heavy atom. The van der Waals surface area contributed by atoms with Gasteiger partial charge < -0.3 is 10.1 Å². The SMILES string of the molecule is Cn1nccc1COc1cc(F)c(Cl)c2c1CNCC2. The van der Waals surface area contributed by atoms with Crippen molar-refractivity contribution < 1.29 is 9.13 Å². The fraction of sp³-hybridized carbons (Fsp3) is 0.357. The van der Waals surface area contributed by atoms with Gasteiger partial charge in [-0.3, -0.25) is 4.68 Å². The number of fused-ring (bicyclic) bond motifs is 1. The number of nitrogens with zero attached hydrogens (tertiary/aromatic N) is 2. The molecule has 20 heavy (non-hydrogen) atoms. The standard InChI is InChI=1S/C14H15ClFN3O/c1-19-9(2-5-18-19)8-20-13-6-12(16)14(15)10-3-4-17-7-11(10)13/h2,5-6,17H,3-4,7-8H2,1H3. The first-order valence-electron chi connectivity index (χ1n) is 6.47. The monoisotopic (exact) mass is 295 g/mol. The third kappa shape index (κ3) is 2.39. The van der Waals surface area contributed by atoms with E-state index in [0.29, 0.717) is 25.3 Å². The molecule has 1 aromatic heterocycles. The summed E-state index contributed by atoms with van der Waals surface area (Å²) in [7, 11) is 1.85. The van der Waals surface area contributed by atoms with E-state index in [-0.39, 0.29) is 5.02 Å². The maximum Gasteiger partial charge on any atom is 0.145 e. The maximum absolute atomic E-state index is 13.9. The summed E-state index contributed by atoms with van der Waals surface area (Å²) in [6, 6.07) is 3.24. The lowest BCUT2D eigenvalue weighted by atomic mass is 9.99. The van der Waals surface area contributed by atoms with Crippen molar-refractivity contribution in [2.24, 2.45) is 7.05 Å². The predicted octanol–water partition coefficient (Wildman–Crippen LogP) is 2.44. The van der Waals surface area contributed by atoms with Gasteiger partial charge in [0.15, 0.2) is 0 Å². The van der Waals surface area contributed by atoms with E-state index in [1.807, 2.05) is 13.1 Å². The molecule has 0 fully saturated rings. The summed E-state index contributed by atoms with van der Waals surface area (Å²) in [5, 5.41) is 7.55. The van der Waals surface area contributed by atoms with Crippen LogP contribution in [0.3, 0.4) is 0 Å². The van der Waals surface area contributed by atoms with E-state index in [2.05, 4.69) is 10.4 Å². The van der Waals surface area contributed by atoms with Gasteiger partial charge in [0, 0.05) is 31.4 Å². The Labute approximate surface area is 121 Å². The van der Waals surface area contributed by atoms with Crippen molar-refractivity contribution in [2.75, 3.05) is 6.54 Å². The molecule has 1 N–H and O–H groups in total. The third-order valence-electron chi connectivity index (χ3n) is 3.55. The molecule has 0 amide bonds. The molecular weight excluding hydrogens is 281 g/mol. The van der Waals surface area contributed by atoms with E-state index < -0.39 is 5.82 Å². The number of ether oxygens (including phenoxy) is 1. The first kappa shape index (κ1) is 13.4. The van der Waals surface area contributed by atoms with E-state index in [1.165, 1.54) is 6.07 Å². The van der Waals surface area contributed by atoms with Crippen LogP contribution >= 0.6 is 11.6 Å². The molecule has 106 valence electrons. The molecule has 1 aliphatic rings. The average molecular weight is 296 g/mol. The van der Waals surface area contributed by atoms with Gasteiger partial charge in [-0.2, -0.15) is 5.10 Å². The van der Waals surface area contributed by atoms with E-state index in [1.54, 1.807) is 10.9 Å². The van der Waals surface area contributed by atoms with E-state index in [4.69, 9.17) is 16.3 Å². The molecular formula is C14H15ClFN3O. The molecule has 0 radical (unpaired) electrons. The fourth-order valence-electron chi connectivity index (χ4n) is 2.40. The Morgan fingerprint density at radius 2 is 2.35 bits per heavy atom. The van der Waals surface area contributed by atoms with E-state index >= 15 is 0 Å². The molecule has 3 rings (SSSR count). The largest absolute Gasteiger partial charge is 0.487 e. The zero-order valence-corrected chi connectivity index (χ0v) is 11.9. The quantitative estimate of drug-likeness (QED) is 0.945. The van der Waals surface area contributed by atoms with E-state index in [9.17, 15) is 4.39 Å². The number of hydrogen-bond donors (Lipinski definition) is 1. The van der Waals surface area contributed by atoms with Gasteiger partial charge in [0.1, 0.15) is 18.2 Å². The molecule has 0 aliphatic carbocycles. The van der Waals surface area contributed by atoms with Gasteiger partial charge >= 0.3 is 0 Å². The summed E-state index contributed by atoms with van der Waals surface area (Å²) < 4.78 is 21.4. The molecule has 0 unspecified atom stereocenters. The molecule has 0 atom stereocenters. The third-order valence-corrected chi connectivity index (χ3v) is 3.95. The van der Waals surface area contributed by atoms with Gasteiger partial charge in [0.25, 0.3) is 0 Å². The topological polar surface area (TPSA) is 39.1 Å². The molecule has 0 saturated heterocycles. The maximum atomic E-state index is 13.9. The van der Waals surface area contributed by atoms with Crippen molar-refractivity contribution in [3.05, 3.63) is 46.0 Å². The number of halogens is 2. The number of hydrogen-bond acceptors (Lipinski definition) is 3. The van der Waals surface area contributed by atoms with Gasteiger partial charge in [-0.25, -0.2) is 4.39 Å². The van der Waals surface area contributed by atoms with Crippen LogP contribution in [0, 0.1) is 5.82 Å². The van der Waals surface area contributed by atoms with Crippen LogP contribution in [0.1, 0.15) is 16.8 Å². The van der Waals surface area contributed by atoms with Crippen LogP contribution in [0.2, 0.25) is 5.02 Å². The number of aryl methyl sites for hydroxylation is 1. The van der Waals surface area contributed by atoms with Crippen molar-refractivity contribution in [1.29, 1.82) is 0 Å². The first-order chi connectivity index (χ1) is 9.66. The molecule has 2 aromatic rings. The summed E-state index contributed by atoms with van der Waals surface area (Å²) in [5.41, 5.74) is 2.73. The first-order valence-corrected chi connectivity index (χ1v) is 6.84. The van der Waals surface area contributed by atoms with Gasteiger partial charge in [-0.05, 0) is 24.6 Å². The predicted molar refractivity (Wildman–Crippen MR) is 74.4 cm³/mol. The molecule has 0 saturated carbocycles. The zero-order valence-electron chi connectivity index (χ0n) is 11.1. The molecule has 2 heterocycles. The number of nitrogens with one attached hydrogen (secondary N) is 1. The molecule has 4 nitrogen and oxygen atoms in total. The summed E-state index contributed by atoms with van der Waals surface area (Å²) >= 11 is 6.04. The highest BCUT2D eigenvalue weighted by molar-refractivity contribution is 6.31. The highest BCUT2D eigenvalue weighted by Crippen LogP contribution is 2.33. The van der Waals surface area contributed by atoms with Crippen molar-refractivity contribution in [3.63, 3.8) is 0 Å². The highest BCUT2D eigenvalue weighted by atomic mass is 35.5. The van der Waals surface area contributed by atoms with Crippen molar-refractivity contribution in [1.82, 2.24) is 15.1 Å². The van der Waals surface area contributed by atoms with Gasteiger partial charge in [0.2, 0.25) is 0 Å². The molecule has 1 aromatic carbocycles. The summed E-state index contributed by atoms with van der Waals surface area (Å²) in [4.78, 5) is 0. The lowest BCUT2D eigenvalue weighted by Gasteiger charge is -2.22. The van der Waals surface area contributed by atoms with Crippen LogP contribution in [0.5, 0.6) is 5.75 Å². The van der Waals surface area contributed by atoms with Crippen LogP contribution in [-0.4, -0.2) is 16.3 Å². The Morgan fingerprint density at radius 1 is 1.50 bits per heavy atom. The smallest absolute Gasteiger partial charge is 0.145 e. The molecule has 6 heteroatoms. The lowest BCUT2D eigenvalue weighted by molar-refractivity contribution is 0.288. The van der Waals surface area contributed by atoms with Crippen molar-refractivity contribution >= 4 is 11.6 Å². The zero-order chi connectivity index (χ0) is 14.1. The second-order valence-corrected chi connectivity index (χ2v) is 5.17. The van der Waals surface area contributed by atoms with Gasteiger partial charge in [-0.1, -0.05) is 11.6 Å². The Kier molecular flexibility index (Phi) is 3.63. The average Bonchev–Trinajstić information content (AvgIpc) is 2.87. The molecule has 1 aliphatic heterocycles. The minimum Gasteiger partial charge on any atom is -0.487 e. The van der Waals surface area contributed by atoms with Crippen LogP contribution < -0.4 is 10.1 Å². The van der Waals surface area contributed by atoms with Crippen molar-refractivity contribution in [2.45, 2.75) is 19.6 Å². The Hall–Kier alpha value is -1.59. The number of rotatable bonds is 3. The summed E-state index contributed by atoms with van der Waals surface area (Å²) in [6.45, 7) is 1.80. The minimum atomic E-state index is -0.424.